The summed E-state index contributed by atoms with van der Waals surface area (Å²) in [5.74, 6) is 0.0649. The maximum Gasteiger partial charge on any atom is 0.273 e. The van der Waals surface area contributed by atoms with Gasteiger partial charge in [0.1, 0.15) is 24.1 Å². The Morgan fingerprint density at radius 3 is 2.35 bits per heavy atom. The number of amides is 3. The Morgan fingerprint density at radius 2 is 1.65 bits per heavy atom. The molecule has 0 spiro atoms. The normalized spacial score (nSPS) is 18.2. The molecule has 0 unspecified atom stereocenters. The third kappa shape index (κ3) is 6.19. The van der Waals surface area contributed by atoms with Gasteiger partial charge in [0.25, 0.3) is 11.8 Å². The van der Waals surface area contributed by atoms with Gasteiger partial charge < -0.3 is 25.8 Å². The fourth-order valence-electron chi connectivity index (χ4n) is 5.86. The highest BCUT2D eigenvalue weighted by Gasteiger charge is 2.36. The molecule has 11 heteroatoms. The Hall–Kier alpha value is -3.34. The van der Waals surface area contributed by atoms with Crippen LogP contribution in [0, 0.1) is 0 Å². The zero-order valence-corrected chi connectivity index (χ0v) is 23.9. The summed E-state index contributed by atoms with van der Waals surface area (Å²) in [6.07, 6.45) is 10.3. The largest absolute Gasteiger partial charge is 0.486 e. The van der Waals surface area contributed by atoms with Crippen LogP contribution in [-0.2, 0) is 4.79 Å². The Kier molecular flexibility index (Phi) is 9.08. The number of fused-ring (bicyclic) bond motifs is 1. The highest BCUT2D eigenvalue weighted by Crippen LogP contribution is 2.37. The molecule has 10 nitrogen and oxygen atoms in total. The lowest BCUT2D eigenvalue weighted by molar-refractivity contribution is -0.123. The minimum absolute atomic E-state index is 0.0392. The number of nitrogens with zero attached hydrogens (tertiary/aromatic N) is 2. The third-order valence-electron chi connectivity index (χ3n) is 7.98. The first-order chi connectivity index (χ1) is 19.5. The number of nitrogens with one attached hydrogen (secondary N) is 2. The van der Waals surface area contributed by atoms with Gasteiger partial charge >= 0.3 is 0 Å². The van der Waals surface area contributed by atoms with Crippen LogP contribution in [0.15, 0.2) is 18.2 Å². The van der Waals surface area contributed by atoms with Gasteiger partial charge in [-0.15, -0.1) is 0 Å². The molecule has 40 heavy (non-hydrogen) atoms. The summed E-state index contributed by atoms with van der Waals surface area (Å²) >= 11 is 0.892. The molecule has 1 aromatic carbocycles. The number of rotatable bonds is 9. The van der Waals surface area contributed by atoms with Crippen LogP contribution in [0.2, 0.25) is 0 Å². The monoisotopic (exact) mass is 569 g/mol. The minimum atomic E-state index is -0.776. The summed E-state index contributed by atoms with van der Waals surface area (Å²) in [4.78, 5) is 42.6. The average Bonchev–Trinajstić information content (AvgIpc) is 3.62. The van der Waals surface area contributed by atoms with Gasteiger partial charge in [0.05, 0.1) is 5.69 Å². The number of nitrogen functional groups attached to an aromatic ring is 1. The Labute approximate surface area is 239 Å². The summed E-state index contributed by atoms with van der Waals surface area (Å²) in [6.45, 7) is 2.82. The number of anilines is 2. The number of carbonyl (C=O) groups is 3. The van der Waals surface area contributed by atoms with Gasteiger partial charge in [0, 0.05) is 23.8 Å². The van der Waals surface area contributed by atoms with Crippen molar-refractivity contribution in [1.82, 2.24) is 15.0 Å². The molecule has 2 aromatic rings. The van der Waals surface area contributed by atoms with Crippen molar-refractivity contribution < 1.29 is 23.9 Å². The van der Waals surface area contributed by atoms with Crippen molar-refractivity contribution in [3.05, 3.63) is 28.8 Å². The van der Waals surface area contributed by atoms with Crippen LogP contribution in [0.25, 0.3) is 0 Å². The van der Waals surface area contributed by atoms with Crippen molar-refractivity contribution >= 4 is 40.6 Å². The summed E-state index contributed by atoms with van der Waals surface area (Å²) in [7, 11) is 0. The highest BCUT2D eigenvalue weighted by molar-refractivity contribution is 7.09. The summed E-state index contributed by atoms with van der Waals surface area (Å²) in [6, 6.07) is 4.65. The van der Waals surface area contributed by atoms with E-state index in [-0.39, 0.29) is 40.2 Å². The predicted molar refractivity (Wildman–Crippen MR) is 154 cm³/mol. The first kappa shape index (κ1) is 28.2. The number of aromatic nitrogens is 1. The van der Waals surface area contributed by atoms with Gasteiger partial charge in [-0.05, 0) is 55.8 Å². The first-order valence-corrected chi connectivity index (χ1v) is 15.3. The van der Waals surface area contributed by atoms with E-state index in [1.807, 2.05) is 6.92 Å². The van der Waals surface area contributed by atoms with Gasteiger partial charge in [0.2, 0.25) is 5.91 Å². The molecule has 0 radical (unpaired) electrons. The molecule has 1 aromatic heterocycles. The van der Waals surface area contributed by atoms with Crippen LogP contribution in [0.5, 0.6) is 11.5 Å². The standard InChI is InChI=1S/C29H39N5O5S/c1-2-8-21(27(35)31-18-11-6-7-12-18)34(20-13-14-22-23(17-20)39-16-15-38-22)29(37)26-24(30)25(33-40-26)28(36)32-19-9-4-3-5-10-19/h13-14,17-19,21H,2-12,15-16,30H2,1H3,(H,31,35)(H,32,36)/t21-/m0/s1. The molecule has 4 N–H and O–H groups in total. The van der Waals surface area contributed by atoms with Gasteiger partial charge in [-0.3, -0.25) is 19.3 Å². The van der Waals surface area contributed by atoms with Crippen LogP contribution in [0.1, 0.15) is 97.7 Å². The van der Waals surface area contributed by atoms with E-state index in [9.17, 15) is 14.4 Å². The molecule has 2 heterocycles. The van der Waals surface area contributed by atoms with E-state index in [4.69, 9.17) is 15.2 Å². The molecule has 3 amide bonds. The molecule has 216 valence electrons. The van der Waals surface area contributed by atoms with E-state index in [2.05, 4.69) is 15.0 Å². The Bertz CT molecular complexity index is 1220. The molecule has 3 aliphatic rings. The van der Waals surface area contributed by atoms with Crippen LogP contribution < -0.4 is 30.7 Å². The Morgan fingerprint density at radius 1 is 1.00 bits per heavy atom. The van der Waals surface area contributed by atoms with Crippen LogP contribution in [0.4, 0.5) is 11.4 Å². The zero-order chi connectivity index (χ0) is 28.1. The lowest BCUT2D eigenvalue weighted by Crippen LogP contribution is -2.51. The molecule has 2 aliphatic carbocycles. The van der Waals surface area contributed by atoms with Crippen molar-refractivity contribution in [3.63, 3.8) is 0 Å². The number of benzene rings is 1. The molecular weight excluding hydrogens is 530 g/mol. The van der Waals surface area contributed by atoms with E-state index in [1.165, 1.54) is 11.3 Å². The van der Waals surface area contributed by atoms with Crippen molar-refractivity contribution in [2.45, 2.75) is 95.7 Å². The predicted octanol–water partition coefficient (Wildman–Crippen LogP) is 4.43. The SMILES string of the molecule is CCC[C@@H](C(=O)NC1CCCC1)N(C(=O)c1snc(C(=O)NC2CCCCC2)c1N)c1ccc2c(c1)OCCO2. The Balaban J connectivity index is 1.46. The molecule has 1 aliphatic heterocycles. The minimum Gasteiger partial charge on any atom is -0.486 e. The number of nitrogens with two attached hydrogens (primary N) is 1. The van der Waals surface area contributed by atoms with Crippen molar-refractivity contribution in [2.75, 3.05) is 23.8 Å². The van der Waals surface area contributed by atoms with Crippen molar-refractivity contribution in [3.8, 4) is 11.5 Å². The van der Waals surface area contributed by atoms with Crippen LogP contribution in [-0.4, -0.2) is 53.4 Å². The number of ether oxygens (including phenoxy) is 2. The topological polar surface area (TPSA) is 136 Å². The van der Waals surface area contributed by atoms with E-state index in [0.717, 1.165) is 62.9 Å². The van der Waals surface area contributed by atoms with E-state index in [1.54, 1.807) is 18.2 Å². The molecular formula is C29H39N5O5S. The summed E-state index contributed by atoms with van der Waals surface area (Å²) in [5, 5.41) is 6.20. The van der Waals surface area contributed by atoms with Crippen molar-refractivity contribution in [2.24, 2.45) is 0 Å². The van der Waals surface area contributed by atoms with Crippen LogP contribution in [0.3, 0.4) is 0 Å². The second-order valence-corrected chi connectivity index (χ2v) is 11.7. The van der Waals surface area contributed by atoms with E-state index in [0.29, 0.717) is 43.2 Å². The zero-order valence-electron chi connectivity index (χ0n) is 23.1. The number of hydrogen-bond donors (Lipinski definition) is 3. The summed E-state index contributed by atoms with van der Waals surface area (Å²) in [5.41, 5.74) is 7.01. The number of carbonyl (C=O) groups excluding carboxylic acids is 3. The molecule has 2 fully saturated rings. The lowest BCUT2D eigenvalue weighted by atomic mass is 9.95. The maximum absolute atomic E-state index is 14.3. The third-order valence-corrected chi connectivity index (χ3v) is 8.83. The second kappa shape index (κ2) is 12.9. The van der Waals surface area contributed by atoms with E-state index < -0.39 is 11.9 Å². The van der Waals surface area contributed by atoms with Gasteiger partial charge in [0.15, 0.2) is 17.2 Å². The summed E-state index contributed by atoms with van der Waals surface area (Å²) < 4.78 is 15.8. The van der Waals surface area contributed by atoms with Crippen molar-refractivity contribution in [1.29, 1.82) is 0 Å². The fraction of sp³-hybridized carbons (Fsp3) is 0.586. The molecule has 0 bridgehead atoms. The van der Waals surface area contributed by atoms with Gasteiger partial charge in [-0.25, -0.2) is 0 Å². The quantitative estimate of drug-likeness (QED) is 0.406. The first-order valence-electron chi connectivity index (χ1n) is 14.6. The molecule has 1 atom stereocenters. The second-order valence-electron chi connectivity index (χ2n) is 10.9. The molecule has 5 rings (SSSR count). The van der Waals surface area contributed by atoms with E-state index >= 15 is 0 Å². The lowest BCUT2D eigenvalue weighted by Gasteiger charge is -2.32. The fourth-order valence-corrected chi connectivity index (χ4v) is 6.60. The highest BCUT2D eigenvalue weighted by atomic mass is 32.1. The molecule has 0 saturated heterocycles. The maximum atomic E-state index is 14.3. The molecule has 2 saturated carbocycles. The van der Waals surface area contributed by atoms with Gasteiger partial charge in [-0.2, -0.15) is 4.37 Å². The smallest absolute Gasteiger partial charge is 0.273 e. The van der Waals surface area contributed by atoms with Crippen LogP contribution >= 0.6 is 11.5 Å². The van der Waals surface area contributed by atoms with Gasteiger partial charge in [-0.1, -0.05) is 45.4 Å². The number of hydrogen-bond acceptors (Lipinski definition) is 8. The average molecular weight is 570 g/mol.